The molecule has 0 spiro atoms. The average Bonchev–Trinajstić information content (AvgIpc) is 3.19. The minimum absolute atomic E-state index is 0.0207. The molecule has 29 heavy (non-hydrogen) atoms. The molecule has 2 aliphatic carbocycles. The third-order valence-corrected chi connectivity index (χ3v) is 8.63. The maximum Gasteiger partial charge on any atom is 0.187 e. The molecule has 5 rings (SSSR count). The van der Waals surface area contributed by atoms with Gasteiger partial charge in [-0.2, -0.15) is 0 Å². The molecule has 0 aromatic carbocycles. The van der Waals surface area contributed by atoms with Gasteiger partial charge >= 0.3 is 0 Å². The first-order valence-corrected chi connectivity index (χ1v) is 11.4. The molecule has 0 amide bonds. The summed E-state index contributed by atoms with van der Waals surface area (Å²) < 4.78 is 7.80. The second-order valence-electron chi connectivity index (χ2n) is 10.6. The van der Waals surface area contributed by atoms with E-state index in [0.29, 0.717) is 11.3 Å². The second-order valence-corrected chi connectivity index (χ2v) is 10.6. The molecular formula is C24H35N3O2. The molecule has 1 aromatic rings. The number of fused-ring (bicyclic) bond motifs is 3. The number of morpholine rings is 1. The number of rotatable bonds is 4. The van der Waals surface area contributed by atoms with E-state index in [-0.39, 0.29) is 16.9 Å². The minimum atomic E-state index is 0.0207. The van der Waals surface area contributed by atoms with Crippen LogP contribution >= 0.6 is 0 Å². The molecule has 3 heterocycles. The van der Waals surface area contributed by atoms with Crippen LogP contribution in [0.4, 0.5) is 0 Å². The Morgan fingerprint density at radius 3 is 2.72 bits per heavy atom. The van der Waals surface area contributed by atoms with Gasteiger partial charge in [-0.3, -0.25) is 14.7 Å². The maximum atomic E-state index is 13.1. The third-order valence-electron chi connectivity index (χ3n) is 8.63. The molecule has 2 aliphatic heterocycles. The monoisotopic (exact) mass is 397 g/mol. The molecule has 5 nitrogen and oxygen atoms in total. The molecule has 4 atom stereocenters. The standard InChI is InChI=1S/C24H35N3O2/c1-23(2)17-4-7-24(3,16-17)22(23)21-20-18(5-8-25-21)27(9-6-19(20)28)11-10-26-12-14-29-15-13-26/h6,8-9,17,21-22H,4-5,7,10-16H2,1-3H3/t17?,21?,22-,24+/m0/s1. The molecule has 1 aromatic heterocycles. The molecule has 1 saturated heterocycles. The van der Waals surface area contributed by atoms with Crippen LogP contribution in [0.25, 0.3) is 0 Å². The average molecular weight is 398 g/mol. The number of nitrogens with zero attached hydrogens (tertiary/aromatic N) is 3. The summed E-state index contributed by atoms with van der Waals surface area (Å²) in [6.45, 7) is 12.9. The van der Waals surface area contributed by atoms with E-state index in [4.69, 9.17) is 9.73 Å². The SMILES string of the molecule is CC1(C)C2CC[C@](C)(C2)[C@H]1C1N=CCc2c1c(=O)ccn2CCN1CCOCC1. The van der Waals surface area contributed by atoms with E-state index in [9.17, 15) is 4.79 Å². The molecule has 3 fully saturated rings. The van der Waals surface area contributed by atoms with Gasteiger partial charge in [-0.05, 0) is 41.9 Å². The first-order valence-electron chi connectivity index (χ1n) is 11.4. The van der Waals surface area contributed by atoms with Crippen LogP contribution in [0.2, 0.25) is 0 Å². The topological polar surface area (TPSA) is 46.8 Å². The van der Waals surface area contributed by atoms with Gasteiger partial charge in [-0.25, -0.2) is 0 Å². The summed E-state index contributed by atoms with van der Waals surface area (Å²) in [5.41, 5.74) is 2.93. The van der Waals surface area contributed by atoms with Crippen LogP contribution in [0.15, 0.2) is 22.1 Å². The van der Waals surface area contributed by atoms with Crippen molar-refractivity contribution in [2.24, 2.45) is 27.7 Å². The Balaban J connectivity index is 1.47. The quantitative estimate of drug-likeness (QED) is 0.783. The largest absolute Gasteiger partial charge is 0.379 e. The lowest BCUT2D eigenvalue weighted by Gasteiger charge is -2.46. The fraction of sp³-hybridized carbons (Fsp3) is 0.750. The van der Waals surface area contributed by atoms with Crippen molar-refractivity contribution in [1.82, 2.24) is 9.47 Å². The summed E-state index contributed by atoms with van der Waals surface area (Å²) >= 11 is 0. The van der Waals surface area contributed by atoms with Crippen molar-refractivity contribution in [3.63, 3.8) is 0 Å². The van der Waals surface area contributed by atoms with Gasteiger partial charge in [0, 0.05) is 62.3 Å². The zero-order chi connectivity index (χ0) is 20.2. The number of hydrogen-bond donors (Lipinski definition) is 0. The van der Waals surface area contributed by atoms with E-state index in [0.717, 1.165) is 57.3 Å². The van der Waals surface area contributed by atoms with E-state index in [2.05, 4.69) is 36.5 Å². The van der Waals surface area contributed by atoms with Crippen LogP contribution in [-0.4, -0.2) is 48.5 Å². The number of aliphatic imine (C=N–C) groups is 1. The zero-order valence-electron chi connectivity index (χ0n) is 18.2. The van der Waals surface area contributed by atoms with Gasteiger partial charge in [0.1, 0.15) is 0 Å². The van der Waals surface area contributed by atoms with Crippen molar-refractivity contribution >= 4 is 6.21 Å². The van der Waals surface area contributed by atoms with Crippen molar-refractivity contribution in [2.45, 2.75) is 59.0 Å². The number of ether oxygens (including phenoxy) is 1. The van der Waals surface area contributed by atoms with Gasteiger partial charge in [0.15, 0.2) is 5.43 Å². The van der Waals surface area contributed by atoms with Gasteiger partial charge in [0.05, 0.1) is 19.3 Å². The predicted molar refractivity (Wildman–Crippen MR) is 116 cm³/mol. The van der Waals surface area contributed by atoms with E-state index < -0.39 is 0 Å². The lowest BCUT2D eigenvalue weighted by molar-refractivity contribution is 0.0362. The Morgan fingerprint density at radius 2 is 2.00 bits per heavy atom. The van der Waals surface area contributed by atoms with Gasteiger partial charge in [-0.1, -0.05) is 20.8 Å². The maximum absolute atomic E-state index is 13.1. The summed E-state index contributed by atoms with van der Waals surface area (Å²) in [5.74, 6) is 1.22. The van der Waals surface area contributed by atoms with Crippen LogP contribution in [0.3, 0.4) is 0 Å². The number of pyridine rings is 1. The predicted octanol–water partition coefficient (Wildman–Crippen LogP) is 3.31. The van der Waals surface area contributed by atoms with Crippen molar-refractivity contribution in [3.8, 4) is 0 Å². The molecule has 158 valence electrons. The summed E-state index contributed by atoms with van der Waals surface area (Å²) in [6, 6.07) is 1.81. The van der Waals surface area contributed by atoms with Crippen LogP contribution in [-0.2, 0) is 17.7 Å². The highest BCUT2D eigenvalue weighted by Gasteiger charge is 2.62. The minimum Gasteiger partial charge on any atom is -0.379 e. The fourth-order valence-electron chi connectivity index (χ4n) is 7.17. The highest BCUT2D eigenvalue weighted by atomic mass is 16.5. The molecule has 4 aliphatic rings. The smallest absolute Gasteiger partial charge is 0.187 e. The van der Waals surface area contributed by atoms with Crippen molar-refractivity contribution in [2.75, 3.05) is 32.8 Å². The lowest BCUT2D eigenvalue weighted by Crippen LogP contribution is -2.42. The molecule has 0 N–H and O–H groups in total. The Kier molecular flexibility index (Phi) is 4.74. The van der Waals surface area contributed by atoms with E-state index >= 15 is 0 Å². The van der Waals surface area contributed by atoms with Crippen LogP contribution in [0.5, 0.6) is 0 Å². The second kappa shape index (κ2) is 7.05. The van der Waals surface area contributed by atoms with E-state index in [1.54, 1.807) is 6.07 Å². The normalized spacial score (nSPS) is 35.8. The summed E-state index contributed by atoms with van der Waals surface area (Å²) in [5, 5.41) is 0. The van der Waals surface area contributed by atoms with Crippen molar-refractivity contribution in [3.05, 3.63) is 33.7 Å². The summed E-state index contributed by atoms with van der Waals surface area (Å²) in [4.78, 5) is 20.6. The number of hydrogen-bond acceptors (Lipinski definition) is 4. The van der Waals surface area contributed by atoms with Gasteiger partial charge in [0.25, 0.3) is 0 Å². The first-order chi connectivity index (χ1) is 13.9. The van der Waals surface area contributed by atoms with Crippen molar-refractivity contribution in [1.29, 1.82) is 0 Å². The third kappa shape index (κ3) is 3.12. The Labute approximate surface area is 174 Å². The molecule has 2 bridgehead atoms. The molecular weight excluding hydrogens is 362 g/mol. The fourth-order valence-corrected chi connectivity index (χ4v) is 7.17. The Hall–Kier alpha value is -1.46. The van der Waals surface area contributed by atoms with Crippen LogP contribution in [0.1, 0.15) is 57.3 Å². The van der Waals surface area contributed by atoms with Gasteiger partial charge < -0.3 is 9.30 Å². The summed E-state index contributed by atoms with van der Waals surface area (Å²) in [7, 11) is 0. The van der Waals surface area contributed by atoms with E-state index in [1.165, 1.54) is 25.0 Å². The Bertz CT molecular complexity index is 863. The summed E-state index contributed by atoms with van der Waals surface area (Å²) in [6.07, 6.45) is 8.78. The van der Waals surface area contributed by atoms with Crippen LogP contribution < -0.4 is 5.43 Å². The molecule has 2 unspecified atom stereocenters. The molecule has 2 saturated carbocycles. The van der Waals surface area contributed by atoms with Gasteiger partial charge in [0.2, 0.25) is 0 Å². The first kappa shape index (κ1) is 19.5. The van der Waals surface area contributed by atoms with Gasteiger partial charge in [-0.15, -0.1) is 0 Å². The highest BCUT2D eigenvalue weighted by molar-refractivity contribution is 5.65. The van der Waals surface area contributed by atoms with E-state index in [1.807, 2.05) is 6.20 Å². The van der Waals surface area contributed by atoms with Crippen LogP contribution in [0, 0.1) is 22.7 Å². The zero-order valence-corrected chi connectivity index (χ0v) is 18.2. The number of aromatic nitrogens is 1. The Morgan fingerprint density at radius 1 is 1.21 bits per heavy atom. The molecule has 5 heteroatoms. The van der Waals surface area contributed by atoms with Crippen molar-refractivity contribution < 1.29 is 4.74 Å². The molecule has 0 radical (unpaired) electrons. The lowest BCUT2D eigenvalue weighted by atomic mass is 9.60. The highest BCUT2D eigenvalue weighted by Crippen LogP contribution is 2.69.